The summed E-state index contributed by atoms with van der Waals surface area (Å²) in [5, 5.41) is 9.07. The summed E-state index contributed by atoms with van der Waals surface area (Å²) in [6.45, 7) is 3.50. The number of hydrogen-bond donors (Lipinski definition) is 1. The fourth-order valence-electron chi connectivity index (χ4n) is 1.85. The molecule has 1 N–H and O–H groups in total. The summed E-state index contributed by atoms with van der Waals surface area (Å²) in [5.41, 5.74) is 1.48. The van der Waals surface area contributed by atoms with E-state index in [1.165, 1.54) is 30.3 Å². The van der Waals surface area contributed by atoms with Gasteiger partial charge in [0.15, 0.2) is 0 Å². The van der Waals surface area contributed by atoms with Crippen LogP contribution in [0.15, 0.2) is 52.3 Å². The Kier molecular flexibility index (Phi) is 3.63. The minimum absolute atomic E-state index is 0.00168. The molecule has 0 amide bonds. The average Bonchev–Trinajstić information content (AvgIpc) is 2.39. The third kappa shape index (κ3) is 2.58. The summed E-state index contributed by atoms with van der Waals surface area (Å²) in [6, 6.07) is 10.6. The maximum absolute atomic E-state index is 12.4. The minimum Gasteiger partial charge on any atom is -0.478 e. The third-order valence-corrected chi connectivity index (χ3v) is 4.85. The zero-order valence-electron chi connectivity index (χ0n) is 11.1. The van der Waals surface area contributed by atoms with Crippen LogP contribution >= 0.6 is 0 Å². The minimum atomic E-state index is -3.69. The first-order valence-corrected chi connectivity index (χ1v) is 7.46. The number of carboxylic acids is 1. The first-order valence-electron chi connectivity index (χ1n) is 5.98. The van der Waals surface area contributed by atoms with Crippen LogP contribution in [0.4, 0.5) is 0 Å². The van der Waals surface area contributed by atoms with Crippen LogP contribution in [0.25, 0.3) is 0 Å². The van der Waals surface area contributed by atoms with E-state index in [1.54, 1.807) is 19.1 Å². The SMILES string of the molecule is Cc1ccc(S(=O)(=O)c2ccc(C)c(C(=O)O)c2)cc1. The van der Waals surface area contributed by atoms with Gasteiger partial charge in [0.1, 0.15) is 0 Å². The van der Waals surface area contributed by atoms with Crippen LogP contribution in [0.3, 0.4) is 0 Å². The van der Waals surface area contributed by atoms with Crippen molar-refractivity contribution in [2.45, 2.75) is 23.6 Å². The van der Waals surface area contributed by atoms with E-state index < -0.39 is 15.8 Å². The van der Waals surface area contributed by atoms with Gasteiger partial charge in [-0.25, -0.2) is 13.2 Å². The molecule has 2 rings (SSSR count). The summed E-state index contributed by atoms with van der Waals surface area (Å²) < 4.78 is 24.9. The van der Waals surface area contributed by atoms with Gasteiger partial charge in [-0.05, 0) is 43.7 Å². The number of hydrogen-bond acceptors (Lipinski definition) is 3. The van der Waals surface area contributed by atoms with E-state index in [0.717, 1.165) is 5.56 Å². The Labute approximate surface area is 117 Å². The van der Waals surface area contributed by atoms with E-state index in [1.807, 2.05) is 6.92 Å². The number of aromatic carboxylic acids is 1. The van der Waals surface area contributed by atoms with Crippen LogP contribution < -0.4 is 0 Å². The van der Waals surface area contributed by atoms with Crippen molar-refractivity contribution in [3.8, 4) is 0 Å². The van der Waals surface area contributed by atoms with Crippen LogP contribution in [0.2, 0.25) is 0 Å². The number of aryl methyl sites for hydroxylation is 2. The van der Waals surface area contributed by atoms with Gasteiger partial charge in [-0.3, -0.25) is 0 Å². The quantitative estimate of drug-likeness (QED) is 0.943. The predicted octanol–water partition coefficient (Wildman–Crippen LogP) is 2.83. The topological polar surface area (TPSA) is 71.4 Å². The molecule has 20 heavy (non-hydrogen) atoms. The van der Waals surface area contributed by atoms with Crippen LogP contribution in [0.1, 0.15) is 21.5 Å². The van der Waals surface area contributed by atoms with Gasteiger partial charge in [-0.2, -0.15) is 0 Å². The molecule has 4 nitrogen and oxygen atoms in total. The zero-order chi connectivity index (χ0) is 14.9. The lowest BCUT2D eigenvalue weighted by Gasteiger charge is -2.07. The molecule has 0 aliphatic rings. The number of carboxylic acid groups (broad SMARTS) is 1. The Hall–Kier alpha value is -2.14. The van der Waals surface area contributed by atoms with E-state index >= 15 is 0 Å². The molecule has 0 saturated carbocycles. The molecule has 5 heteroatoms. The highest BCUT2D eigenvalue weighted by Gasteiger charge is 2.20. The van der Waals surface area contributed by atoms with Gasteiger partial charge in [-0.1, -0.05) is 23.8 Å². The second-order valence-electron chi connectivity index (χ2n) is 4.60. The predicted molar refractivity (Wildman–Crippen MR) is 74.8 cm³/mol. The van der Waals surface area contributed by atoms with Crippen molar-refractivity contribution in [3.05, 3.63) is 59.2 Å². The average molecular weight is 290 g/mol. The van der Waals surface area contributed by atoms with E-state index in [2.05, 4.69) is 0 Å². The maximum Gasteiger partial charge on any atom is 0.335 e. The van der Waals surface area contributed by atoms with Crippen molar-refractivity contribution in [2.24, 2.45) is 0 Å². The van der Waals surface area contributed by atoms with Gasteiger partial charge in [0, 0.05) is 0 Å². The molecule has 0 aliphatic heterocycles. The largest absolute Gasteiger partial charge is 0.478 e. The molecule has 104 valence electrons. The fourth-order valence-corrected chi connectivity index (χ4v) is 3.14. The van der Waals surface area contributed by atoms with Gasteiger partial charge in [0.25, 0.3) is 0 Å². The second-order valence-corrected chi connectivity index (χ2v) is 6.55. The van der Waals surface area contributed by atoms with Crippen LogP contribution in [-0.4, -0.2) is 19.5 Å². The molecule has 0 fully saturated rings. The van der Waals surface area contributed by atoms with E-state index in [4.69, 9.17) is 5.11 Å². The summed E-state index contributed by atoms with van der Waals surface area (Å²) >= 11 is 0. The van der Waals surface area contributed by atoms with Crippen molar-refractivity contribution in [2.75, 3.05) is 0 Å². The second kappa shape index (κ2) is 5.09. The molecule has 0 heterocycles. The molecule has 0 atom stereocenters. The van der Waals surface area contributed by atoms with Crippen LogP contribution in [0, 0.1) is 13.8 Å². The Morgan fingerprint density at radius 1 is 0.950 bits per heavy atom. The fraction of sp³-hybridized carbons (Fsp3) is 0.133. The molecule has 0 saturated heterocycles. The molecule has 0 aliphatic carbocycles. The van der Waals surface area contributed by atoms with Crippen molar-refractivity contribution in [3.63, 3.8) is 0 Å². The molecular weight excluding hydrogens is 276 g/mol. The Morgan fingerprint density at radius 2 is 1.50 bits per heavy atom. The summed E-state index contributed by atoms with van der Waals surface area (Å²) in [4.78, 5) is 11.2. The van der Waals surface area contributed by atoms with E-state index in [0.29, 0.717) is 5.56 Å². The normalized spacial score (nSPS) is 11.3. The summed E-state index contributed by atoms with van der Waals surface area (Å²) in [6.07, 6.45) is 0. The Bertz CT molecular complexity index is 759. The van der Waals surface area contributed by atoms with Gasteiger partial charge in [0.05, 0.1) is 15.4 Å². The molecular formula is C15H14O4S. The van der Waals surface area contributed by atoms with Crippen molar-refractivity contribution in [1.82, 2.24) is 0 Å². The standard InChI is InChI=1S/C15H14O4S/c1-10-3-6-12(7-4-10)20(18,19)13-8-5-11(2)14(9-13)15(16)17/h3-9H,1-2H3,(H,16,17). The first-order chi connectivity index (χ1) is 9.32. The zero-order valence-corrected chi connectivity index (χ0v) is 11.9. The lowest BCUT2D eigenvalue weighted by atomic mass is 10.1. The van der Waals surface area contributed by atoms with Crippen molar-refractivity contribution >= 4 is 15.8 Å². The van der Waals surface area contributed by atoms with Crippen LogP contribution in [0.5, 0.6) is 0 Å². The molecule has 0 spiro atoms. The van der Waals surface area contributed by atoms with Gasteiger partial charge < -0.3 is 5.11 Å². The maximum atomic E-state index is 12.4. The molecule has 2 aromatic carbocycles. The first kappa shape index (κ1) is 14.3. The van der Waals surface area contributed by atoms with Crippen molar-refractivity contribution in [1.29, 1.82) is 0 Å². The van der Waals surface area contributed by atoms with Crippen LogP contribution in [-0.2, 0) is 9.84 Å². The Morgan fingerprint density at radius 3 is 2.05 bits per heavy atom. The van der Waals surface area contributed by atoms with E-state index in [9.17, 15) is 13.2 Å². The highest BCUT2D eigenvalue weighted by atomic mass is 32.2. The lowest BCUT2D eigenvalue weighted by Crippen LogP contribution is -2.06. The van der Waals surface area contributed by atoms with E-state index in [-0.39, 0.29) is 15.4 Å². The highest BCUT2D eigenvalue weighted by molar-refractivity contribution is 7.91. The molecule has 0 unspecified atom stereocenters. The highest BCUT2D eigenvalue weighted by Crippen LogP contribution is 2.23. The molecule has 0 bridgehead atoms. The summed E-state index contributed by atoms with van der Waals surface area (Å²) in [5.74, 6) is -1.14. The molecule has 0 aromatic heterocycles. The number of sulfone groups is 1. The summed E-state index contributed by atoms with van der Waals surface area (Å²) in [7, 11) is -3.69. The van der Waals surface area contributed by atoms with Crippen molar-refractivity contribution < 1.29 is 18.3 Å². The Balaban J connectivity index is 2.58. The third-order valence-electron chi connectivity index (χ3n) is 3.08. The smallest absolute Gasteiger partial charge is 0.335 e. The monoisotopic (exact) mass is 290 g/mol. The lowest BCUT2D eigenvalue weighted by molar-refractivity contribution is 0.0696. The van der Waals surface area contributed by atoms with Gasteiger partial charge in [-0.15, -0.1) is 0 Å². The van der Waals surface area contributed by atoms with Gasteiger partial charge in [0.2, 0.25) is 9.84 Å². The van der Waals surface area contributed by atoms with Gasteiger partial charge >= 0.3 is 5.97 Å². The molecule has 2 aromatic rings. The molecule has 0 radical (unpaired) electrons. The number of carbonyl (C=O) groups is 1. The number of rotatable bonds is 3. The number of benzene rings is 2.